The maximum atomic E-state index is 13.1. The summed E-state index contributed by atoms with van der Waals surface area (Å²) in [5.74, 6) is 1.82. The molecule has 0 N–H and O–H groups in total. The van der Waals surface area contributed by atoms with Gasteiger partial charge in [-0.3, -0.25) is 4.79 Å². The van der Waals surface area contributed by atoms with Crippen LogP contribution in [0.15, 0.2) is 22.8 Å². The fourth-order valence-electron chi connectivity index (χ4n) is 5.89. The van der Waals surface area contributed by atoms with E-state index in [-0.39, 0.29) is 17.9 Å². The van der Waals surface area contributed by atoms with Gasteiger partial charge in [-0.2, -0.15) is 5.26 Å². The van der Waals surface area contributed by atoms with Crippen LogP contribution in [0.2, 0.25) is 0 Å². The van der Waals surface area contributed by atoms with Crippen molar-refractivity contribution in [3.05, 3.63) is 46.5 Å². The lowest BCUT2D eigenvalue weighted by molar-refractivity contribution is 0.0566. The van der Waals surface area contributed by atoms with Gasteiger partial charge in [0.2, 0.25) is 0 Å². The second-order valence-corrected chi connectivity index (χ2v) is 10.1. The maximum Gasteiger partial charge on any atom is 0.289 e. The molecule has 7 heteroatoms. The van der Waals surface area contributed by atoms with Crippen molar-refractivity contribution in [1.82, 2.24) is 9.88 Å². The Labute approximate surface area is 201 Å². The largest absolute Gasteiger partial charge is 0.459 e. The number of carbonyl (C=O) groups excluding carboxylic acids is 1. The minimum atomic E-state index is -0.0673. The van der Waals surface area contributed by atoms with Gasteiger partial charge in [0.15, 0.2) is 5.76 Å². The highest BCUT2D eigenvalue weighted by Crippen LogP contribution is 2.39. The van der Waals surface area contributed by atoms with Gasteiger partial charge in [0, 0.05) is 31.1 Å². The lowest BCUT2D eigenvalue weighted by atomic mass is 9.82. The highest BCUT2D eigenvalue weighted by molar-refractivity contribution is 5.92. The fourth-order valence-corrected chi connectivity index (χ4v) is 5.89. The molecule has 2 aromatic rings. The van der Waals surface area contributed by atoms with E-state index >= 15 is 0 Å². The number of hydrogen-bond acceptors (Lipinski definition) is 6. The number of carbonyl (C=O) groups is 1. The number of anilines is 1. The molecule has 0 bridgehead atoms. The molecule has 7 nitrogen and oxygen atoms in total. The number of ether oxygens (including phenoxy) is 1. The van der Waals surface area contributed by atoms with Crippen LogP contribution in [0.25, 0.3) is 0 Å². The molecule has 34 heavy (non-hydrogen) atoms. The SMILES string of the molecule is CC(C)C1CN(c2nc(C3CCCCC3)c3c(c2C#N)CCOC3)CCN1C(=O)c1ccco1. The summed E-state index contributed by atoms with van der Waals surface area (Å²) in [5, 5.41) is 10.2. The molecule has 1 atom stereocenters. The number of furan rings is 1. The van der Waals surface area contributed by atoms with Crippen molar-refractivity contribution in [2.75, 3.05) is 31.1 Å². The van der Waals surface area contributed by atoms with Gasteiger partial charge in [-0.25, -0.2) is 4.98 Å². The maximum absolute atomic E-state index is 13.1. The second kappa shape index (κ2) is 9.79. The molecule has 0 spiro atoms. The Balaban J connectivity index is 1.50. The molecule has 180 valence electrons. The van der Waals surface area contributed by atoms with Crippen molar-refractivity contribution in [2.24, 2.45) is 5.92 Å². The van der Waals surface area contributed by atoms with Gasteiger partial charge in [-0.05, 0) is 42.9 Å². The van der Waals surface area contributed by atoms with Crippen LogP contribution in [0, 0.1) is 17.2 Å². The van der Waals surface area contributed by atoms with Crippen LogP contribution in [0.1, 0.15) is 84.8 Å². The zero-order valence-electron chi connectivity index (χ0n) is 20.3. The first-order valence-corrected chi connectivity index (χ1v) is 12.7. The Morgan fingerprint density at radius 2 is 2.03 bits per heavy atom. The molecule has 0 radical (unpaired) electrons. The van der Waals surface area contributed by atoms with E-state index in [0.717, 1.165) is 41.9 Å². The zero-order valence-corrected chi connectivity index (χ0v) is 20.3. The second-order valence-electron chi connectivity index (χ2n) is 10.1. The van der Waals surface area contributed by atoms with Gasteiger partial charge in [-0.15, -0.1) is 0 Å². The van der Waals surface area contributed by atoms with Gasteiger partial charge in [0.25, 0.3) is 5.91 Å². The highest BCUT2D eigenvalue weighted by atomic mass is 16.5. The van der Waals surface area contributed by atoms with Gasteiger partial charge in [-0.1, -0.05) is 33.1 Å². The summed E-state index contributed by atoms with van der Waals surface area (Å²) in [6.07, 6.45) is 8.38. The average molecular weight is 463 g/mol. The molecule has 0 aromatic carbocycles. The minimum Gasteiger partial charge on any atom is -0.459 e. The van der Waals surface area contributed by atoms with E-state index < -0.39 is 0 Å². The van der Waals surface area contributed by atoms with Crippen molar-refractivity contribution >= 4 is 11.7 Å². The first-order chi connectivity index (χ1) is 16.6. The molecule has 2 fully saturated rings. The molecule has 4 heterocycles. The summed E-state index contributed by atoms with van der Waals surface area (Å²) in [4.78, 5) is 22.5. The summed E-state index contributed by atoms with van der Waals surface area (Å²) in [5.41, 5.74) is 4.14. The van der Waals surface area contributed by atoms with E-state index in [1.165, 1.54) is 19.3 Å². The van der Waals surface area contributed by atoms with E-state index in [1.54, 1.807) is 18.4 Å². The van der Waals surface area contributed by atoms with Crippen LogP contribution in [-0.2, 0) is 17.8 Å². The first kappa shape index (κ1) is 22.9. The Hall–Kier alpha value is -2.85. The van der Waals surface area contributed by atoms with Crippen molar-refractivity contribution in [3.8, 4) is 6.07 Å². The number of rotatable bonds is 4. The Bertz CT molecular complexity index is 1070. The summed E-state index contributed by atoms with van der Waals surface area (Å²) < 4.78 is 11.2. The van der Waals surface area contributed by atoms with Gasteiger partial charge < -0.3 is 19.0 Å². The van der Waals surface area contributed by atoms with Crippen LogP contribution in [0.4, 0.5) is 5.82 Å². The molecule has 1 amide bonds. The minimum absolute atomic E-state index is 0.0113. The fraction of sp³-hybridized carbons (Fsp3) is 0.593. The van der Waals surface area contributed by atoms with Crippen LogP contribution in [0.5, 0.6) is 0 Å². The lowest BCUT2D eigenvalue weighted by Gasteiger charge is -2.44. The van der Waals surface area contributed by atoms with Crippen LogP contribution >= 0.6 is 0 Å². The van der Waals surface area contributed by atoms with Gasteiger partial charge >= 0.3 is 0 Å². The molecule has 2 aliphatic heterocycles. The zero-order chi connectivity index (χ0) is 23.7. The molecule has 3 aliphatic rings. The Kier molecular flexibility index (Phi) is 6.60. The quantitative estimate of drug-likeness (QED) is 0.658. The third-order valence-electron chi connectivity index (χ3n) is 7.75. The Morgan fingerprint density at radius 1 is 1.21 bits per heavy atom. The average Bonchev–Trinajstić information content (AvgIpc) is 3.42. The standard InChI is InChI=1S/C27H34N4O3/c1-18(2)23-16-30(11-12-31(23)27(32)24-9-6-13-34-24)26-21(15-28)20-10-14-33-17-22(20)25(29-26)19-7-4-3-5-8-19/h6,9,13,18-19,23H,3-5,7-8,10-12,14,16-17H2,1-2H3. The summed E-state index contributed by atoms with van der Waals surface area (Å²) >= 11 is 0. The molecular weight excluding hydrogens is 428 g/mol. The van der Waals surface area contributed by atoms with Crippen molar-refractivity contribution in [3.63, 3.8) is 0 Å². The van der Waals surface area contributed by atoms with E-state index in [0.29, 0.717) is 50.1 Å². The number of hydrogen-bond donors (Lipinski definition) is 0. The van der Waals surface area contributed by atoms with Crippen LogP contribution in [0.3, 0.4) is 0 Å². The van der Waals surface area contributed by atoms with Crippen molar-refractivity contribution < 1.29 is 13.9 Å². The molecule has 1 saturated heterocycles. The first-order valence-electron chi connectivity index (χ1n) is 12.7. The lowest BCUT2D eigenvalue weighted by Crippen LogP contribution is -2.57. The van der Waals surface area contributed by atoms with Crippen LogP contribution < -0.4 is 4.90 Å². The topological polar surface area (TPSA) is 82.6 Å². The van der Waals surface area contributed by atoms with E-state index in [9.17, 15) is 10.1 Å². The summed E-state index contributed by atoms with van der Waals surface area (Å²) in [7, 11) is 0. The summed E-state index contributed by atoms with van der Waals surface area (Å²) in [6.45, 7) is 7.38. The monoisotopic (exact) mass is 462 g/mol. The van der Waals surface area contributed by atoms with Gasteiger partial charge in [0.1, 0.15) is 11.9 Å². The Morgan fingerprint density at radius 3 is 2.74 bits per heavy atom. The third-order valence-corrected chi connectivity index (χ3v) is 7.75. The van der Waals surface area contributed by atoms with E-state index in [1.807, 2.05) is 4.90 Å². The van der Waals surface area contributed by atoms with Crippen molar-refractivity contribution in [1.29, 1.82) is 5.26 Å². The normalized spacial score (nSPS) is 21.4. The number of piperazine rings is 1. The number of nitriles is 1. The molecule has 1 aliphatic carbocycles. The number of nitrogens with zero attached hydrogens (tertiary/aromatic N) is 4. The molecule has 2 aromatic heterocycles. The van der Waals surface area contributed by atoms with Crippen LogP contribution in [-0.4, -0.2) is 48.1 Å². The molecular formula is C27H34N4O3. The number of fused-ring (bicyclic) bond motifs is 1. The highest BCUT2D eigenvalue weighted by Gasteiger charge is 2.36. The third kappa shape index (κ3) is 4.20. The van der Waals surface area contributed by atoms with Crippen molar-refractivity contribution in [2.45, 2.75) is 70.9 Å². The smallest absolute Gasteiger partial charge is 0.289 e. The molecule has 1 unspecified atom stereocenters. The predicted molar refractivity (Wildman–Crippen MR) is 129 cm³/mol. The number of amides is 1. The molecule has 5 rings (SSSR count). The number of aromatic nitrogens is 1. The van der Waals surface area contributed by atoms with E-state index in [2.05, 4.69) is 24.8 Å². The summed E-state index contributed by atoms with van der Waals surface area (Å²) in [6, 6.07) is 5.98. The molecule has 1 saturated carbocycles. The predicted octanol–water partition coefficient (Wildman–Crippen LogP) is 4.65. The van der Waals surface area contributed by atoms with Gasteiger partial charge in [0.05, 0.1) is 36.8 Å². The number of pyridine rings is 1. The van der Waals surface area contributed by atoms with E-state index in [4.69, 9.17) is 14.1 Å².